The van der Waals surface area contributed by atoms with Gasteiger partial charge in [0.25, 0.3) is 0 Å². The molecule has 0 amide bonds. The Morgan fingerprint density at radius 1 is 1.46 bits per heavy atom. The van der Waals surface area contributed by atoms with Crippen LogP contribution in [0.3, 0.4) is 0 Å². The van der Waals surface area contributed by atoms with E-state index >= 15 is 0 Å². The van der Waals surface area contributed by atoms with E-state index in [-0.39, 0.29) is 5.97 Å². The van der Waals surface area contributed by atoms with Gasteiger partial charge in [-0.3, -0.25) is 4.79 Å². The van der Waals surface area contributed by atoms with Gasteiger partial charge in [-0.25, -0.2) is 4.79 Å². The van der Waals surface area contributed by atoms with Crippen molar-refractivity contribution in [1.29, 1.82) is 0 Å². The molecule has 2 aliphatic carbocycles. The van der Waals surface area contributed by atoms with E-state index in [0.29, 0.717) is 30.5 Å². The van der Waals surface area contributed by atoms with Crippen LogP contribution in [-0.2, 0) is 14.3 Å². The van der Waals surface area contributed by atoms with Crippen LogP contribution in [0, 0.1) is 11.8 Å². The zero-order valence-corrected chi connectivity index (χ0v) is 7.58. The summed E-state index contributed by atoms with van der Waals surface area (Å²) in [6.07, 6.45) is 3.90. The fraction of sp³-hybridized carbons (Fsp3) is 0.600. The van der Waals surface area contributed by atoms with E-state index in [1.54, 1.807) is 0 Å². The number of carbonyl (C=O) groups excluding carboxylic acids is 2. The van der Waals surface area contributed by atoms with Gasteiger partial charge >= 0.3 is 5.97 Å². The largest absolute Gasteiger partial charge is 0.466 e. The molecule has 0 aromatic rings. The molecule has 2 aliphatic rings. The highest BCUT2D eigenvalue weighted by atomic mass is 16.5. The third-order valence-corrected chi connectivity index (χ3v) is 2.90. The first-order valence-electron chi connectivity index (χ1n) is 4.51. The molecule has 0 aromatic heterocycles. The smallest absolute Gasteiger partial charge is 0.333 e. The second kappa shape index (κ2) is 2.98. The number of methoxy groups -OCH3 is 1. The highest BCUT2D eigenvalue weighted by Crippen LogP contribution is 2.41. The number of hydrogen-bond donors (Lipinski definition) is 0. The van der Waals surface area contributed by atoms with E-state index in [0.717, 1.165) is 12.0 Å². The first-order valence-corrected chi connectivity index (χ1v) is 4.51. The van der Waals surface area contributed by atoms with Crippen LogP contribution in [-0.4, -0.2) is 18.9 Å². The van der Waals surface area contributed by atoms with Gasteiger partial charge < -0.3 is 4.74 Å². The third kappa shape index (κ3) is 1.39. The lowest BCUT2D eigenvalue weighted by molar-refractivity contribution is -0.136. The minimum absolute atomic E-state index is 0.234. The molecule has 2 atom stereocenters. The number of carbonyl (C=O) groups is 2. The van der Waals surface area contributed by atoms with Crippen LogP contribution in [0.2, 0.25) is 0 Å². The van der Waals surface area contributed by atoms with E-state index < -0.39 is 0 Å². The van der Waals surface area contributed by atoms with Crippen molar-refractivity contribution in [2.75, 3.05) is 7.11 Å². The molecule has 0 bridgehead atoms. The number of rotatable bonds is 1. The SMILES string of the molecule is COC(=O)C1=C[C@@H]2CC(=O)C[C@@H]2C1. The van der Waals surface area contributed by atoms with Crippen molar-refractivity contribution >= 4 is 11.8 Å². The lowest BCUT2D eigenvalue weighted by Crippen LogP contribution is -2.05. The van der Waals surface area contributed by atoms with Crippen molar-refractivity contribution in [3.05, 3.63) is 11.6 Å². The Labute approximate surface area is 76.8 Å². The summed E-state index contributed by atoms with van der Waals surface area (Å²) >= 11 is 0. The predicted molar refractivity (Wildman–Crippen MR) is 45.9 cm³/mol. The zero-order chi connectivity index (χ0) is 9.42. The molecule has 3 heteroatoms. The molecule has 1 fully saturated rings. The van der Waals surface area contributed by atoms with Crippen LogP contribution in [0.1, 0.15) is 19.3 Å². The Kier molecular flexibility index (Phi) is 1.94. The van der Waals surface area contributed by atoms with E-state index in [2.05, 4.69) is 4.74 Å². The van der Waals surface area contributed by atoms with Crippen LogP contribution in [0.5, 0.6) is 0 Å². The summed E-state index contributed by atoms with van der Waals surface area (Å²) in [4.78, 5) is 22.2. The summed E-state index contributed by atoms with van der Waals surface area (Å²) in [6, 6.07) is 0. The predicted octanol–water partition coefficient (Wildman–Crippen LogP) is 1.08. The summed E-state index contributed by atoms with van der Waals surface area (Å²) in [5, 5.41) is 0. The van der Waals surface area contributed by atoms with E-state index in [1.165, 1.54) is 7.11 Å². The Morgan fingerprint density at radius 2 is 2.23 bits per heavy atom. The average Bonchev–Trinajstić information content (AvgIpc) is 2.59. The average molecular weight is 180 g/mol. The van der Waals surface area contributed by atoms with Gasteiger partial charge in [0.1, 0.15) is 5.78 Å². The monoisotopic (exact) mass is 180 g/mol. The van der Waals surface area contributed by atoms with Crippen molar-refractivity contribution in [2.45, 2.75) is 19.3 Å². The van der Waals surface area contributed by atoms with Crippen LogP contribution < -0.4 is 0 Å². The van der Waals surface area contributed by atoms with E-state index in [1.807, 2.05) is 6.08 Å². The molecule has 70 valence electrons. The Hall–Kier alpha value is -1.12. The fourth-order valence-corrected chi connectivity index (χ4v) is 2.27. The Balaban J connectivity index is 2.09. The van der Waals surface area contributed by atoms with Crippen LogP contribution in [0.15, 0.2) is 11.6 Å². The summed E-state index contributed by atoms with van der Waals surface area (Å²) < 4.78 is 4.63. The maximum Gasteiger partial charge on any atom is 0.333 e. The van der Waals surface area contributed by atoms with E-state index in [4.69, 9.17) is 0 Å². The van der Waals surface area contributed by atoms with Gasteiger partial charge in [0.15, 0.2) is 0 Å². The molecule has 13 heavy (non-hydrogen) atoms. The van der Waals surface area contributed by atoms with Crippen LogP contribution in [0.25, 0.3) is 0 Å². The number of hydrogen-bond acceptors (Lipinski definition) is 3. The molecule has 0 aromatic carbocycles. The fourth-order valence-electron chi connectivity index (χ4n) is 2.27. The van der Waals surface area contributed by atoms with Gasteiger partial charge in [-0.2, -0.15) is 0 Å². The number of ether oxygens (including phenoxy) is 1. The number of Topliss-reactive ketones (excluding diaryl/α,β-unsaturated/α-hetero) is 1. The zero-order valence-electron chi connectivity index (χ0n) is 7.58. The number of esters is 1. The quantitative estimate of drug-likeness (QED) is 0.567. The van der Waals surface area contributed by atoms with Gasteiger partial charge in [0.2, 0.25) is 0 Å². The van der Waals surface area contributed by atoms with Crippen molar-refractivity contribution in [1.82, 2.24) is 0 Å². The van der Waals surface area contributed by atoms with Gasteiger partial charge in [-0.05, 0) is 18.3 Å². The standard InChI is InChI=1S/C10H12O3/c1-13-10(12)8-2-6-4-9(11)5-7(6)3-8/h2,6-7H,3-5H2,1H3/t6-,7+/m1/s1. The maximum absolute atomic E-state index is 11.2. The van der Waals surface area contributed by atoms with Crippen LogP contribution in [0.4, 0.5) is 0 Å². The molecule has 0 aliphatic heterocycles. The molecule has 0 radical (unpaired) electrons. The Bertz CT molecular complexity index is 291. The summed E-state index contributed by atoms with van der Waals surface area (Å²) in [6.45, 7) is 0. The van der Waals surface area contributed by atoms with Gasteiger partial charge in [-0.15, -0.1) is 0 Å². The molecule has 0 spiro atoms. The Morgan fingerprint density at radius 3 is 2.85 bits per heavy atom. The number of fused-ring (bicyclic) bond motifs is 1. The summed E-state index contributed by atoms with van der Waals surface area (Å²) in [5.74, 6) is 0.778. The molecular weight excluding hydrogens is 168 g/mol. The lowest BCUT2D eigenvalue weighted by atomic mass is 10.00. The summed E-state index contributed by atoms with van der Waals surface area (Å²) in [7, 11) is 1.39. The first-order chi connectivity index (χ1) is 6.20. The lowest BCUT2D eigenvalue weighted by Gasteiger charge is -2.04. The summed E-state index contributed by atoms with van der Waals surface area (Å²) in [5.41, 5.74) is 0.755. The minimum atomic E-state index is -0.234. The maximum atomic E-state index is 11.2. The number of ketones is 1. The van der Waals surface area contributed by atoms with Gasteiger partial charge in [-0.1, -0.05) is 6.08 Å². The molecule has 1 saturated carbocycles. The third-order valence-electron chi connectivity index (χ3n) is 2.90. The van der Waals surface area contributed by atoms with Gasteiger partial charge in [0, 0.05) is 18.4 Å². The van der Waals surface area contributed by atoms with Crippen molar-refractivity contribution in [3.8, 4) is 0 Å². The number of allylic oxidation sites excluding steroid dienone is 1. The molecule has 0 heterocycles. The highest BCUT2D eigenvalue weighted by Gasteiger charge is 2.38. The van der Waals surface area contributed by atoms with Gasteiger partial charge in [0.05, 0.1) is 7.11 Å². The molecular formula is C10H12O3. The molecule has 0 N–H and O–H groups in total. The van der Waals surface area contributed by atoms with Crippen molar-refractivity contribution < 1.29 is 14.3 Å². The van der Waals surface area contributed by atoms with Crippen LogP contribution >= 0.6 is 0 Å². The molecule has 3 nitrogen and oxygen atoms in total. The topological polar surface area (TPSA) is 43.4 Å². The second-order valence-electron chi connectivity index (χ2n) is 3.76. The molecule has 0 saturated heterocycles. The van der Waals surface area contributed by atoms with E-state index in [9.17, 15) is 9.59 Å². The molecule has 2 rings (SSSR count). The van der Waals surface area contributed by atoms with Crippen molar-refractivity contribution in [3.63, 3.8) is 0 Å². The molecule has 0 unspecified atom stereocenters. The second-order valence-corrected chi connectivity index (χ2v) is 3.76. The highest BCUT2D eigenvalue weighted by molar-refractivity contribution is 5.90. The van der Waals surface area contributed by atoms with Crippen molar-refractivity contribution in [2.24, 2.45) is 11.8 Å². The minimum Gasteiger partial charge on any atom is -0.466 e. The first kappa shape index (κ1) is 8.48. The normalized spacial score (nSPS) is 31.5.